The molecule has 52 valence electrons. The van der Waals surface area contributed by atoms with Crippen molar-refractivity contribution in [3.63, 3.8) is 0 Å². The summed E-state index contributed by atoms with van der Waals surface area (Å²) < 4.78 is 0. The predicted octanol–water partition coefficient (Wildman–Crippen LogP) is 0.243. The van der Waals surface area contributed by atoms with E-state index < -0.39 is 0 Å². The van der Waals surface area contributed by atoms with Crippen LogP contribution in [0.25, 0.3) is 0 Å². The molecular weight excluding hydrogens is 132 g/mol. The molecule has 0 fully saturated rings. The summed E-state index contributed by atoms with van der Waals surface area (Å²) in [7, 11) is 0. The maximum Gasteiger partial charge on any atom is 0.222 e. The molecule has 4 heteroatoms. The van der Waals surface area contributed by atoms with E-state index in [1.54, 1.807) is 17.6 Å². The Hall–Kier alpha value is -1.42. The van der Waals surface area contributed by atoms with Crippen LogP contribution in [0.2, 0.25) is 0 Å². The standard InChI is InChI=1S/C6H6N2O2/c9-5-3-1-2-4-7-6(5)8-10/h1-4,10H,(H,7,8,9). The van der Waals surface area contributed by atoms with Gasteiger partial charge in [-0.1, -0.05) is 6.07 Å². The average molecular weight is 138 g/mol. The van der Waals surface area contributed by atoms with Gasteiger partial charge in [-0.25, -0.2) is 10.5 Å². The summed E-state index contributed by atoms with van der Waals surface area (Å²) in [6.07, 6.45) is 1.42. The number of nitrogens with zero attached hydrogens (tertiary/aromatic N) is 1. The zero-order valence-electron chi connectivity index (χ0n) is 5.11. The van der Waals surface area contributed by atoms with Crippen LogP contribution in [0, 0.1) is 0 Å². The Kier molecular flexibility index (Phi) is 1.96. The summed E-state index contributed by atoms with van der Waals surface area (Å²) in [6.45, 7) is 0. The van der Waals surface area contributed by atoms with E-state index in [1.807, 2.05) is 0 Å². The molecule has 0 aliphatic rings. The predicted molar refractivity (Wildman–Crippen MR) is 35.9 cm³/mol. The fourth-order valence-corrected chi connectivity index (χ4v) is 0.537. The Morgan fingerprint density at radius 2 is 2.30 bits per heavy atom. The number of nitrogens with one attached hydrogen (secondary N) is 1. The molecule has 0 spiro atoms. The molecule has 1 aromatic heterocycles. The molecular formula is C6H6N2O2. The SMILES string of the molecule is O=c1ccccnc1NO. The molecule has 10 heavy (non-hydrogen) atoms. The summed E-state index contributed by atoms with van der Waals surface area (Å²) in [5.74, 6) is -0.0648. The molecule has 1 aromatic rings. The van der Waals surface area contributed by atoms with Gasteiger partial charge in [0.05, 0.1) is 0 Å². The van der Waals surface area contributed by atoms with Crippen molar-refractivity contribution >= 4 is 5.82 Å². The monoisotopic (exact) mass is 138 g/mol. The molecule has 0 saturated heterocycles. The van der Waals surface area contributed by atoms with Gasteiger partial charge in [-0.15, -0.1) is 0 Å². The number of hydrogen-bond acceptors (Lipinski definition) is 4. The van der Waals surface area contributed by atoms with Crippen LogP contribution < -0.4 is 10.9 Å². The van der Waals surface area contributed by atoms with Gasteiger partial charge >= 0.3 is 0 Å². The lowest BCUT2D eigenvalue weighted by Crippen LogP contribution is -2.05. The lowest BCUT2D eigenvalue weighted by Gasteiger charge is -1.86. The Labute approximate surface area is 57.1 Å². The molecule has 0 aliphatic carbocycles. The number of hydrogen-bond donors (Lipinski definition) is 2. The molecule has 0 aliphatic heterocycles. The van der Waals surface area contributed by atoms with Gasteiger partial charge < -0.3 is 0 Å². The second-order valence-corrected chi connectivity index (χ2v) is 1.65. The number of aromatic nitrogens is 1. The van der Waals surface area contributed by atoms with Crippen molar-refractivity contribution in [3.05, 3.63) is 34.6 Å². The van der Waals surface area contributed by atoms with Crippen molar-refractivity contribution in [2.45, 2.75) is 0 Å². The first-order valence-corrected chi connectivity index (χ1v) is 2.70. The summed E-state index contributed by atoms with van der Waals surface area (Å²) in [6, 6.07) is 4.46. The van der Waals surface area contributed by atoms with Crippen LogP contribution in [0.15, 0.2) is 29.2 Å². The second kappa shape index (κ2) is 2.93. The molecule has 0 amide bonds. The Morgan fingerprint density at radius 1 is 1.50 bits per heavy atom. The van der Waals surface area contributed by atoms with E-state index in [0.717, 1.165) is 0 Å². The normalized spacial score (nSPS) is 8.90. The maximum atomic E-state index is 10.8. The van der Waals surface area contributed by atoms with Crippen molar-refractivity contribution in [1.29, 1.82) is 0 Å². The molecule has 0 aromatic carbocycles. The lowest BCUT2D eigenvalue weighted by molar-refractivity contribution is 0.385. The van der Waals surface area contributed by atoms with E-state index in [0.29, 0.717) is 0 Å². The number of anilines is 1. The molecule has 0 radical (unpaired) electrons. The third kappa shape index (κ3) is 1.29. The highest BCUT2D eigenvalue weighted by Crippen LogP contribution is 1.85. The topological polar surface area (TPSA) is 62.2 Å². The van der Waals surface area contributed by atoms with Gasteiger partial charge in [-0.2, -0.15) is 0 Å². The fraction of sp³-hybridized carbons (Fsp3) is 0. The largest absolute Gasteiger partial charge is 0.290 e. The van der Waals surface area contributed by atoms with Crippen LogP contribution in [-0.4, -0.2) is 10.2 Å². The zero-order chi connectivity index (χ0) is 7.40. The minimum Gasteiger partial charge on any atom is -0.290 e. The highest BCUT2D eigenvalue weighted by atomic mass is 16.5. The van der Waals surface area contributed by atoms with Crippen LogP contribution in [0.3, 0.4) is 0 Å². The Bertz CT molecular complexity index is 274. The van der Waals surface area contributed by atoms with Crippen LogP contribution in [0.4, 0.5) is 5.82 Å². The number of rotatable bonds is 1. The van der Waals surface area contributed by atoms with E-state index in [4.69, 9.17) is 5.21 Å². The van der Waals surface area contributed by atoms with Gasteiger partial charge in [-0.05, 0) is 12.1 Å². The van der Waals surface area contributed by atoms with Gasteiger partial charge in [-0.3, -0.25) is 10.0 Å². The van der Waals surface area contributed by atoms with E-state index in [1.165, 1.54) is 12.3 Å². The molecule has 0 saturated carbocycles. The quantitative estimate of drug-likeness (QED) is 0.546. The lowest BCUT2D eigenvalue weighted by atomic mass is 10.5. The first kappa shape index (κ1) is 6.70. The van der Waals surface area contributed by atoms with Gasteiger partial charge in [0, 0.05) is 6.20 Å². The molecule has 1 heterocycles. The Morgan fingerprint density at radius 3 is 3.00 bits per heavy atom. The van der Waals surface area contributed by atoms with Gasteiger partial charge in [0.1, 0.15) is 0 Å². The van der Waals surface area contributed by atoms with Crippen LogP contribution in [0.1, 0.15) is 0 Å². The summed E-state index contributed by atoms with van der Waals surface area (Å²) >= 11 is 0. The average Bonchev–Trinajstić information content (AvgIpc) is 2.13. The van der Waals surface area contributed by atoms with E-state index in [9.17, 15) is 4.79 Å². The fourth-order valence-electron chi connectivity index (χ4n) is 0.537. The van der Waals surface area contributed by atoms with Crippen LogP contribution in [-0.2, 0) is 0 Å². The minimum absolute atomic E-state index is 0.0648. The smallest absolute Gasteiger partial charge is 0.222 e. The maximum absolute atomic E-state index is 10.8. The summed E-state index contributed by atoms with van der Waals surface area (Å²) in [5.41, 5.74) is 1.35. The van der Waals surface area contributed by atoms with Crippen molar-refractivity contribution < 1.29 is 5.21 Å². The van der Waals surface area contributed by atoms with Crippen LogP contribution in [0.5, 0.6) is 0 Å². The third-order valence-electron chi connectivity index (χ3n) is 0.988. The van der Waals surface area contributed by atoms with Gasteiger partial charge in [0.2, 0.25) is 5.43 Å². The molecule has 0 bridgehead atoms. The van der Waals surface area contributed by atoms with E-state index >= 15 is 0 Å². The zero-order valence-corrected chi connectivity index (χ0v) is 5.11. The van der Waals surface area contributed by atoms with Crippen molar-refractivity contribution in [2.24, 2.45) is 0 Å². The summed E-state index contributed by atoms with van der Waals surface area (Å²) in [5, 5.41) is 8.32. The highest BCUT2D eigenvalue weighted by Gasteiger charge is 1.91. The molecule has 0 unspecified atom stereocenters. The van der Waals surface area contributed by atoms with Crippen molar-refractivity contribution in [1.82, 2.24) is 4.98 Å². The molecule has 2 N–H and O–H groups in total. The third-order valence-corrected chi connectivity index (χ3v) is 0.988. The first-order chi connectivity index (χ1) is 4.84. The van der Waals surface area contributed by atoms with Crippen LogP contribution >= 0.6 is 0 Å². The van der Waals surface area contributed by atoms with Crippen molar-refractivity contribution in [2.75, 3.05) is 5.48 Å². The van der Waals surface area contributed by atoms with E-state index in [2.05, 4.69) is 4.98 Å². The molecule has 1 rings (SSSR count). The molecule has 0 atom stereocenters. The van der Waals surface area contributed by atoms with Gasteiger partial charge in [0.15, 0.2) is 5.82 Å². The highest BCUT2D eigenvalue weighted by molar-refractivity contribution is 5.28. The van der Waals surface area contributed by atoms with Crippen molar-refractivity contribution in [3.8, 4) is 0 Å². The molecule has 4 nitrogen and oxygen atoms in total. The van der Waals surface area contributed by atoms with E-state index in [-0.39, 0.29) is 11.2 Å². The Balaban J connectivity index is 3.28. The summed E-state index contributed by atoms with van der Waals surface area (Å²) in [4.78, 5) is 14.4. The van der Waals surface area contributed by atoms with Gasteiger partial charge in [0.25, 0.3) is 0 Å². The second-order valence-electron chi connectivity index (χ2n) is 1.65. The minimum atomic E-state index is -0.340. The first-order valence-electron chi connectivity index (χ1n) is 2.70.